The number of H-pyrrole nitrogens is 1. The summed E-state index contributed by atoms with van der Waals surface area (Å²) in [5.74, 6) is 2.52. The number of fused-ring (bicyclic) bond motifs is 1. The van der Waals surface area contributed by atoms with Crippen molar-refractivity contribution in [2.75, 3.05) is 26.2 Å². The average Bonchev–Trinajstić information content (AvgIpc) is 3.27. The van der Waals surface area contributed by atoms with Gasteiger partial charge in [-0.3, -0.25) is 14.8 Å². The van der Waals surface area contributed by atoms with E-state index in [0.717, 1.165) is 43.9 Å². The summed E-state index contributed by atoms with van der Waals surface area (Å²) >= 11 is 0. The van der Waals surface area contributed by atoms with E-state index in [1.54, 1.807) is 0 Å². The maximum absolute atomic E-state index is 12.2. The van der Waals surface area contributed by atoms with Crippen molar-refractivity contribution in [1.82, 2.24) is 25.0 Å². The lowest BCUT2D eigenvalue weighted by atomic mass is 9.80. The maximum Gasteiger partial charge on any atom is 0.222 e. The lowest BCUT2D eigenvalue weighted by Gasteiger charge is -2.29. The molecule has 1 aliphatic carbocycles. The van der Waals surface area contributed by atoms with Crippen LogP contribution in [0.4, 0.5) is 0 Å². The van der Waals surface area contributed by atoms with Crippen molar-refractivity contribution >= 4 is 5.91 Å². The number of hydrogen-bond donors (Lipinski definition) is 1. The number of nitrogens with zero attached hydrogens (tertiary/aromatic N) is 4. The molecule has 6 heteroatoms. The zero-order valence-corrected chi connectivity index (χ0v) is 14.2. The van der Waals surface area contributed by atoms with E-state index in [-0.39, 0.29) is 11.3 Å². The molecule has 23 heavy (non-hydrogen) atoms. The molecule has 4 rings (SSSR count). The molecule has 126 valence electrons. The third-order valence-electron chi connectivity index (χ3n) is 6.17. The molecule has 0 aromatic carbocycles. The highest BCUT2D eigenvalue weighted by Crippen LogP contribution is 2.45. The Morgan fingerprint density at radius 2 is 2.09 bits per heavy atom. The first kappa shape index (κ1) is 15.1. The number of carbonyl (C=O) groups excluding carboxylic acids is 1. The summed E-state index contributed by atoms with van der Waals surface area (Å²) in [7, 11) is 0. The van der Waals surface area contributed by atoms with Crippen LogP contribution in [-0.2, 0) is 10.2 Å². The van der Waals surface area contributed by atoms with Gasteiger partial charge in [0.05, 0.1) is 5.41 Å². The van der Waals surface area contributed by atoms with Gasteiger partial charge in [-0.05, 0) is 19.8 Å². The molecule has 3 aliphatic rings. The Hall–Kier alpha value is -1.43. The Balaban J connectivity index is 1.63. The molecule has 0 spiro atoms. The van der Waals surface area contributed by atoms with Crippen LogP contribution in [0.1, 0.15) is 50.7 Å². The number of nitrogens with one attached hydrogen (secondary N) is 1. The second kappa shape index (κ2) is 5.58. The van der Waals surface area contributed by atoms with Crippen LogP contribution < -0.4 is 0 Å². The van der Waals surface area contributed by atoms with E-state index in [0.29, 0.717) is 12.3 Å². The summed E-state index contributed by atoms with van der Waals surface area (Å²) in [6.07, 6.45) is 5.96. The Kier molecular flexibility index (Phi) is 3.67. The van der Waals surface area contributed by atoms with Crippen molar-refractivity contribution in [1.29, 1.82) is 0 Å². The van der Waals surface area contributed by atoms with E-state index >= 15 is 0 Å². The van der Waals surface area contributed by atoms with Crippen molar-refractivity contribution < 1.29 is 4.79 Å². The maximum atomic E-state index is 12.2. The number of aromatic amines is 1. The van der Waals surface area contributed by atoms with Crippen LogP contribution in [0.2, 0.25) is 0 Å². The van der Waals surface area contributed by atoms with Gasteiger partial charge in [-0.2, -0.15) is 5.10 Å². The molecule has 0 radical (unpaired) electrons. The molecule has 6 nitrogen and oxygen atoms in total. The van der Waals surface area contributed by atoms with Crippen molar-refractivity contribution in [3.8, 4) is 0 Å². The number of aromatic nitrogens is 3. The van der Waals surface area contributed by atoms with E-state index in [2.05, 4.69) is 20.1 Å². The number of hydrogen-bond acceptors (Lipinski definition) is 4. The molecule has 1 aromatic rings. The Morgan fingerprint density at radius 3 is 2.74 bits per heavy atom. The highest BCUT2D eigenvalue weighted by atomic mass is 16.2. The van der Waals surface area contributed by atoms with E-state index in [1.165, 1.54) is 25.7 Å². The minimum Gasteiger partial charge on any atom is -0.341 e. The molecule has 3 fully saturated rings. The Morgan fingerprint density at radius 1 is 1.30 bits per heavy atom. The van der Waals surface area contributed by atoms with Crippen molar-refractivity contribution in [2.24, 2.45) is 5.92 Å². The second-order valence-electron chi connectivity index (χ2n) is 7.59. The van der Waals surface area contributed by atoms with Gasteiger partial charge in [0, 0.05) is 44.6 Å². The SMILES string of the molecule is CCC(=O)N1C[C@H]2CN(C3CCCC3)C[C@@]2(c2n[nH]c(C)n2)C1. The van der Waals surface area contributed by atoms with E-state index < -0.39 is 0 Å². The largest absolute Gasteiger partial charge is 0.341 e. The van der Waals surface area contributed by atoms with Crippen molar-refractivity contribution in [3.63, 3.8) is 0 Å². The first-order chi connectivity index (χ1) is 11.1. The summed E-state index contributed by atoms with van der Waals surface area (Å²) in [5, 5.41) is 7.52. The highest BCUT2D eigenvalue weighted by Gasteiger charge is 2.57. The summed E-state index contributed by atoms with van der Waals surface area (Å²) in [5.41, 5.74) is -0.0713. The van der Waals surface area contributed by atoms with Gasteiger partial charge in [-0.15, -0.1) is 0 Å². The Labute approximate surface area is 137 Å². The van der Waals surface area contributed by atoms with Crippen molar-refractivity contribution in [2.45, 2.75) is 57.4 Å². The highest BCUT2D eigenvalue weighted by molar-refractivity contribution is 5.76. The first-order valence-electron chi connectivity index (χ1n) is 9.03. The quantitative estimate of drug-likeness (QED) is 0.917. The molecule has 0 unspecified atom stereocenters. The molecular weight excluding hydrogens is 290 g/mol. The zero-order chi connectivity index (χ0) is 16.0. The molecule has 2 atom stereocenters. The van der Waals surface area contributed by atoms with Crippen LogP contribution in [0.5, 0.6) is 0 Å². The molecule has 1 saturated carbocycles. The standard InChI is InChI=1S/C17H27N5O/c1-3-15(23)22-9-13-8-21(14-6-4-5-7-14)10-17(13,11-22)16-18-12(2)19-20-16/h13-14H,3-11H2,1-2H3,(H,18,19,20)/t13-,17-/m1/s1. The molecule has 1 N–H and O–H groups in total. The fraction of sp³-hybridized carbons (Fsp3) is 0.824. The van der Waals surface area contributed by atoms with Gasteiger partial charge >= 0.3 is 0 Å². The molecule has 2 aliphatic heterocycles. The second-order valence-corrected chi connectivity index (χ2v) is 7.59. The predicted molar refractivity (Wildman–Crippen MR) is 87.0 cm³/mol. The molecular formula is C17H27N5O. The fourth-order valence-electron chi connectivity index (χ4n) is 4.95. The summed E-state index contributed by atoms with van der Waals surface area (Å²) in [6, 6.07) is 0.729. The van der Waals surface area contributed by atoms with Gasteiger partial charge in [0.25, 0.3) is 0 Å². The summed E-state index contributed by atoms with van der Waals surface area (Å²) < 4.78 is 0. The molecule has 2 saturated heterocycles. The van der Waals surface area contributed by atoms with Gasteiger partial charge < -0.3 is 4.90 Å². The lowest BCUT2D eigenvalue weighted by molar-refractivity contribution is -0.130. The number of aryl methyl sites for hydroxylation is 1. The molecule has 3 heterocycles. The number of amides is 1. The molecule has 0 bridgehead atoms. The number of rotatable bonds is 3. The van der Waals surface area contributed by atoms with E-state index in [4.69, 9.17) is 0 Å². The van der Waals surface area contributed by atoms with Crippen LogP contribution in [0, 0.1) is 12.8 Å². The molecule has 1 aromatic heterocycles. The van der Waals surface area contributed by atoms with Gasteiger partial charge in [-0.1, -0.05) is 19.8 Å². The summed E-state index contributed by atoms with van der Waals surface area (Å²) in [4.78, 5) is 21.6. The minimum absolute atomic E-state index is 0.0713. The zero-order valence-electron chi connectivity index (χ0n) is 14.2. The molecule has 1 amide bonds. The lowest BCUT2D eigenvalue weighted by Crippen LogP contribution is -2.42. The third-order valence-corrected chi connectivity index (χ3v) is 6.17. The van der Waals surface area contributed by atoms with E-state index in [9.17, 15) is 4.79 Å². The Bertz CT molecular complexity index is 594. The van der Waals surface area contributed by atoms with E-state index in [1.807, 2.05) is 18.7 Å². The topological polar surface area (TPSA) is 65.1 Å². The van der Waals surface area contributed by atoms with Gasteiger partial charge in [0.2, 0.25) is 5.91 Å². The van der Waals surface area contributed by atoms with Gasteiger partial charge in [0.1, 0.15) is 5.82 Å². The smallest absolute Gasteiger partial charge is 0.222 e. The summed E-state index contributed by atoms with van der Waals surface area (Å²) in [6.45, 7) is 7.65. The van der Waals surface area contributed by atoms with Crippen LogP contribution in [0.15, 0.2) is 0 Å². The predicted octanol–water partition coefficient (Wildman–Crippen LogP) is 1.48. The fourth-order valence-corrected chi connectivity index (χ4v) is 4.95. The van der Waals surface area contributed by atoms with Crippen LogP contribution >= 0.6 is 0 Å². The van der Waals surface area contributed by atoms with Crippen LogP contribution in [0.25, 0.3) is 0 Å². The average molecular weight is 317 g/mol. The minimum atomic E-state index is -0.0713. The third kappa shape index (κ3) is 2.38. The monoisotopic (exact) mass is 317 g/mol. The number of likely N-dealkylation sites (tertiary alicyclic amines) is 2. The van der Waals surface area contributed by atoms with Crippen molar-refractivity contribution in [3.05, 3.63) is 11.6 Å². The normalized spacial score (nSPS) is 31.9. The van der Waals surface area contributed by atoms with Crippen LogP contribution in [0.3, 0.4) is 0 Å². The van der Waals surface area contributed by atoms with Gasteiger partial charge in [0.15, 0.2) is 5.82 Å². The van der Waals surface area contributed by atoms with Crippen LogP contribution in [-0.4, -0.2) is 63.1 Å². The first-order valence-corrected chi connectivity index (χ1v) is 9.03. The number of carbonyl (C=O) groups is 1. The van der Waals surface area contributed by atoms with Gasteiger partial charge in [-0.25, -0.2) is 4.98 Å².